The van der Waals surface area contributed by atoms with Crippen LogP contribution in [-0.4, -0.2) is 26.9 Å². The summed E-state index contributed by atoms with van der Waals surface area (Å²) >= 11 is 11.8. The lowest BCUT2D eigenvalue weighted by atomic mass is 10.1. The number of fused-ring (bicyclic) bond motifs is 1. The van der Waals surface area contributed by atoms with Crippen molar-refractivity contribution in [2.75, 3.05) is 0 Å². The molecule has 0 spiro atoms. The van der Waals surface area contributed by atoms with Crippen molar-refractivity contribution < 1.29 is 14.1 Å². The van der Waals surface area contributed by atoms with E-state index < -0.39 is 11.8 Å². The third-order valence-electron chi connectivity index (χ3n) is 3.13. The largest absolute Gasteiger partial charge is 0.337 e. The summed E-state index contributed by atoms with van der Waals surface area (Å²) < 4.78 is 5.00. The van der Waals surface area contributed by atoms with Crippen molar-refractivity contribution in [2.45, 2.75) is 19.9 Å². The van der Waals surface area contributed by atoms with Crippen LogP contribution < -0.4 is 0 Å². The Kier molecular flexibility index (Phi) is 3.43. The average Bonchev–Trinajstić information content (AvgIpc) is 3.00. The molecule has 3 rings (SSSR count). The van der Waals surface area contributed by atoms with Crippen LogP contribution in [0.2, 0.25) is 10.0 Å². The molecule has 0 saturated heterocycles. The SMILES string of the molecule is CCc1noc(CN2C(=O)c3cc(Cl)c(Cl)cc3C2=O)n1. The minimum absolute atomic E-state index is 0.0748. The van der Waals surface area contributed by atoms with E-state index in [4.69, 9.17) is 27.7 Å². The molecule has 0 aliphatic carbocycles. The first-order valence-electron chi connectivity index (χ1n) is 6.18. The van der Waals surface area contributed by atoms with E-state index >= 15 is 0 Å². The van der Waals surface area contributed by atoms with Crippen LogP contribution >= 0.6 is 23.2 Å². The molecule has 1 aliphatic heterocycles. The van der Waals surface area contributed by atoms with Crippen molar-refractivity contribution in [1.29, 1.82) is 0 Å². The normalized spacial score (nSPS) is 14.0. The maximum absolute atomic E-state index is 12.3. The fourth-order valence-corrected chi connectivity index (χ4v) is 2.39. The number of imide groups is 1. The topological polar surface area (TPSA) is 76.3 Å². The maximum Gasteiger partial charge on any atom is 0.262 e. The molecule has 2 aromatic rings. The molecule has 0 saturated carbocycles. The molecule has 0 bridgehead atoms. The van der Waals surface area contributed by atoms with E-state index in [0.717, 1.165) is 4.90 Å². The van der Waals surface area contributed by atoms with Crippen LogP contribution in [0, 0.1) is 0 Å². The Hall–Kier alpha value is -1.92. The van der Waals surface area contributed by atoms with E-state index in [1.54, 1.807) is 0 Å². The van der Waals surface area contributed by atoms with E-state index in [1.807, 2.05) is 6.92 Å². The second kappa shape index (κ2) is 5.13. The molecule has 0 N–H and O–H groups in total. The number of hydrogen-bond acceptors (Lipinski definition) is 5. The molecular weight excluding hydrogens is 317 g/mol. The summed E-state index contributed by atoms with van der Waals surface area (Å²) in [4.78, 5) is 29.6. The Morgan fingerprint density at radius 1 is 1.14 bits per heavy atom. The van der Waals surface area contributed by atoms with Crippen molar-refractivity contribution in [3.8, 4) is 0 Å². The highest BCUT2D eigenvalue weighted by Crippen LogP contribution is 2.32. The van der Waals surface area contributed by atoms with Gasteiger partial charge < -0.3 is 4.52 Å². The third-order valence-corrected chi connectivity index (χ3v) is 3.85. The standard InChI is InChI=1S/C13H9Cl2N3O3/c1-2-10-16-11(21-17-10)5-18-12(19)6-3-8(14)9(15)4-7(6)13(18)20/h3-4H,2,5H2,1H3. The number of hydrogen-bond donors (Lipinski definition) is 0. The van der Waals surface area contributed by atoms with E-state index in [-0.39, 0.29) is 33.6 Å². The quantitative estimate of drug-likeness (QED) is 0.811. The lowest BCUT2D eigenvalue weighted by Gasteiger charge is -2.09. The number of carbonyl (C=O) groups is 2. The predicted octanol–water partition coefficient (Wildman–Crippen LogP) is 2.74. The minimum Gasteiger partial charge on any atom is -0.337 e. The predicted molar refractivity (Wildman–Crippen MR) is 74.3 cm³/mol. The highest BCUT2D eigenvalue weighted by molar-refractivity contribution is 6.43. The van der Waals surface area contributed by atoms with E-state index in [1.165, 1.54) is 12.1 Å². The van der Waals surface area contributed by atoms with Gasteiger partial charge in [0, 0.05) is 6.42 Å². The van der Waals surface area contributed by atoms with Gasteiger partial charge in [-0.3, -0.25) is 14.5 Å². The fraction of sp³-hybridized carbons (Fsp3) is 0.231. The van der Waals surface area contributed by atoms with Gasteiger partial charge in [0.1, 0.15) is 6.54 Å². The minimum atomic E-state index is -0.454. The van der Waals surface area contributed by atoms with Crippen molar-refractivity contribution in [3.05, 3.63) is 45.0 Å². The molecule has 8 heteroatoms. The maximum atomic E-state index is 12.3. The third kappa shape index (κ3) is 2.30. The van der Waals surface area contributed by atoms with Gasteiger partial charge in [0.05, 0.1) is 21.2 Å². The molecule has 1 aromatic carbocycles. The van der Waals surface area contributed by atoms with E-state index in [9.17, 15) is 9.59 Å². The number of rotatable bonds is 3. The van der Waals surface area contributed by atoms with Crippen LogP contribution in [0.1, 0.15) is 39.4 Å². The van der Waals surface area contributed by atoms with E-state index in [2.05, 4.69) is 10.1 Å². The molecular formula is C13H9Cl2N3O3. The zero-order chi connectivity index (χ0) is 15.1. The summed E-state index contributed by atoms with van der Waals surface area (Å²) in [5, 5.41) is 4.18. The molecule has 21 heavy (non-hydrogen) atoms. The Balaban J connectivity index is 1.92. The van der Waals surface area contributed by atoms with Gasteiger partial charge >= 0.3 is 0 Å². The number of aromatic nitrogens is 2. The Morgan fingerprint density at radius 2 is 1.71 bits per heavy atom. The van der Waals surface area contributed by atoms with Gasteiger partial charge in [-0.2, -0.15) is 4.98 Å². The summed E-state index contributed by atoms with van der Waals surface area (Å²) in [5.41, 5.74) is 0.453. The van der Waals surface area contributed by atoms with Gasteiger partial charge in [-0.1, -0.05) is 35.3 Å². The Bertz CT molecular complexity index is 716. The molecule has 0 radical (unpaired) electrons. The van der Waals surface area contributed by atoms with Gasteiger partial charge in [-0.05, 0) is 12.1 Å². The van der Waals surface area contributed by atoms with Gasteiger partial charge in [0.25, 0.3) is 11.8 Å². The summed E-state index contributed by atoms with van der Waals surface area (Å²) in [5.74, 6) is -0.180. The van der Waals surface area contributed by atoms with Crippen molar-refractivity contribution in [2.24, 2.45) is 0 Å². The zero-order valence-corrected chi connectivity index (χ0v) is 12.4. The number of halogens is 2. The van der Waals surface area contributed by atoms with Crippen molar-refractivity contribution in [1.82, 2.24) is 15.0 Å². The zero-order valence-electron chi connectivity index (χ0n) is 10.9. The molecule has 0 atom stereocenters. The summed E-state index contributed by atoms with van der Waals surface area (Å²) in [6.07, 6.45) is 0.608. The van der Waals surface area contributed by atoms with Crippen LogP contribution in [0.5, 0.6) is 0 Å². The monoisotopic (exact) mass is 325 g/mol. The molecule has 0 unspecified atom stereocenters. The number of nitrogens with zero attached hydrogens (tertiary/aromatic N) is 3. The van der Waals surface area contributed by atoms with Crippen LogP contribution in [0.4, 0.5) is 0 Å². The van der Waals surface area contributed by atoms with Gasteiger partial charge in [-0.15, -0.1) is 0 Å². The van der Waals surface area contributed by atoms with Crippen molar-refractivity contribution in [3.63, 3.8) is 0 Å². The van der Waals surface area contributed by atoms with Crippen LogP contribution in [0.3, 0.4) is 0 Å². The Labute approximate surface area is 129 Å². The van der Waals surface area contributed by atoms with Gasteiger partial charge in [0.15, 0.2) is 5.82 Å². The molecule has 0 fully saturated rings. The second-order valence-electron chi connectivity index (χ2n) is 4.47. The lowest BCUT2D eigenvalue weighted by Crippen LogP contribution is -2.29. The molecule has 2 amide bonds. The molecule has 2 heterocycles. The molecule has 108 valence electrons. The van der Waals surface area contributed by atoms with Crippen LogP contribution in [0.15, 0.2) is 16.7 Å². The average molecular weight is 326 g/mol. The number of carbonyl (C=O) groups excluding carboxylic acids is 2. The molecule has 1 aromatic heterocycles. The summed E-state index contributed by atoms with van der Waals surface area (Å²) in [6, 6.07) is 2.79. The highest BCUT2D eigenvalue weighted by atomic mass is 35.5. The fourth-order valence-electron chi connectivity index (χ4n) is 2.06. The Morgan fingerprint density at radius 3 is 2.19 bits per heavy atom. The van der Waals surface area contributed by atoms with Crippen molar-refractivity contribution >= 4 is 35.0 Å². The lowest BCUT2D eigenvalue weighted by molar-refractivity contribution is 0.0625. The first-order chi connectivity index (χ1) is 10.0. The molecule has 6 nitrogen and oxygen atoms in total. The summed E-state index contributed by atoms with van der Waals surface area (Å²) in [6.45, 7) is 1.80. The summed E-state index contributed by atoms with van der Waals surface area (Å²) in [7, 11) is 0. The molecule has 1 aliphatic rings. The number of amides is 2. The number of aryl methyl sites for hydroxylation is 1. The highest BCUT2D eigenvalue weighted by Gasteiger charge is 2.37. The van der Waals surface area contributed by atoms with Crippen LogP contribution in [0.25, 0.3) is 0 Å². The van der Waals surface area contributed by atoms with Crippen LogP contribution in [-0.2, 0) is 13.0 Å². The first-order valence-corrected chi connectivity index (χ1v) is 6.93. The number of benzene rings is 1. The second-order valence-corrected chi connectivity index (χ2v) is 5.28. The first kappa shape index (κ1) is 14.0. The van der Waals surface area contributed by atoms with Gasteiger partial charge in [0.2, 0.25) is 5.89 Å². The smallest absolute Gasteiger partial charge is 0.262 e. The van der Waals surface area contributed by atoms with E-state index in [0.29, 0.717) is 12.2 Å². The van der Waals surface area contributed by atoms with Gasteiger partial charge in [-0.25, -0.2) is 0 Å².